The van der Waals surface area contributed by atoms with Crippen molar-refractivity contribution in [3.05, 3.63) is 56.7 Å². The monoisotopic (exact) mass is 288 g/mol. The van der Waals surface area contributed by atoms with Gasteiger partial charge in [-0.25, -0.2) is 4.79 Å². The number of rotatable bonds is 3. The van der Waals surface area contributed by atoms with Crippen molar-refractivity contribution in [2.45, 2.75) is 0 Å². The summed E-state index contributed by atoms with van der Waals surface area (Å²) in [6.45, 7) is 0. The summed E-state index contributed by atoms with van der Waals surface area (Å²) < 4.78 is 2.37. The minimum absolute atomic E-state index is 0.175. The van der Waals surface area contributed by atoms with Crippen LogP contribution >= 0.6 is 0 Å². The lowest BCUT2D eigenvalue weighted by molar-refractivity contribution is 0.475. The van der Waals surface area contributed by atoms with E-state index >= 15 is 0 Å². The first-order valence-electron chi connectivity index (χ1n) is 6.24. The van der Waals surface area contributed by atoms with E-state index in [2.05, 4.69) is 5.10 Å². The Morgan fingerprint density at radius 2 is 1.76 bits per heavy atom. The molecular formula is C14H16N4O3. The fourth-order valence-corrected chi connectivity index (χ4v) is 1.80. The van der Waals surface area contributed by atoms with Crippen LogP contribution < -0.4 is 16.3 Å². The van der Waals surface area contributed by atoms with Gasteiger partial charge in [0, 0.05) is 27.2 Å². The Morgan fingerprint density at radius 1 is 1.14 bits per heavy atom. The molecule has 0 saturated carbocycles. The van der Waals surface area contributed by atoms with E-state index < -0.39 is 5.69 Å². The molecule has 0 atom stereocenters. The number of hydrogen-bond donors (Lipinski definition) is 1. The quantitative estimate of drug-likeness (QED) is 0.649. The number of aromatic hydroxyl groups is 1. The molecule has 0 fully saturated rings. The molecule has 0 aliphatic carbocycles. The van der Waals surface area contributed by atoms with E-state index in [0.717, 1.165) is 10.1 Å². The normalized spacial score (nSPS) is 11.0. The van der Waals surface area contributed by atoms with Crippen LogP contribution in [0.1, 0.15) is 5.56 Å². The zero-order chi connectivity index (χ0) is 15.6. The second-order valence-corrected chi connectivity index (χ2v) is 4.60. The lowest BCUT2D eigenvalue weighted by atomic mass is 10.2. The maximum absolute atomic E-state index is 11.8. The molecule has 0 aliphatic rings. The number of anilines is 1. The molecule has 0 aliphatic heterocycles. The van der Waals surface area contributed by atoms with Gasteiger partial charge in [-0.3, -0.25) is 18.9 Å². The molecule has 1 aromatic carbocycles. The van der Waals surface area contributed by atoms with Crippen molar-refractivity contribution in [1.29, 1.82) is 0 Å². The zero-order valence-corrected chi connectivity index (χ0v) is 12.0. The van der Waals surface area contributed by atoms with Gasteiger partial charge in [0.05, 0.1) is 6.21 Å². The highest BCUT2D eigenvalue weighted by atomic mass is 16.3. The average molecular weight is 288 g/mol. The Balaban J connectivity index is 2.33. The van der Waals surface area contributed by atoms with Gasteiger partial charge in [-0.15, -0.1) is 0 Å². The summed E-state index contributed by atoms with van der Waals surface area (Å²) in [5.41, 5.74) is -0.0162. The Hall–Kier alpha value is -2.83. The predicted molar refractivity (Wildman–Crippen MR) is 81.0 cm³/mol. The first-order chi connectivity index (χ1) is 9.90. The highest BCUT2D eigenvalue weighted by Crippen LogP contribution is 2.09. The van der Waals surface area contributed by atoms with Crippen molar-refractivity contribution in [1.82, 2.24) is 9.13 Å². The van der Waals surface area contributed by atoms with Gasteiger partial charge < -0.3 is 5.11 Å². The van der Waals surface area contributed by atoms with E-state index in [0.29, 0.717) is 5.82 Å². The minimum atomic E-state index is -0.413. The summed E-state index contributed by atoms with van der Waals surface area (Å²) in [5.74, 6) is 0.563. The molecule has 0 spiro atoms. The van der Waals surface area contributed by atoms with Crippen LogP contribution in [-0.4, -0.2) is 27.5 Å². The predicted octanol–water partition coefficient (Wildman–Crippen LogP) is 0.260. The van der Waals surface area contributed by atoms with Gasteiger partial charge in [0.25, 0.3) is 5.56 Å². The van der Waals surface area contributed by atoms with Crippen LogP contribution in [0, 0.1) is 0 Å². The van der Waals surface area contributed by atoms with Gasteiger partial charge in [-0.2, -0.15) is 5.10 Å². The smallest absolute Gasteiger partial charge is 0.332 e. The third kappa shape index (κ3) is 3.02. The molecule has 0 unspecified atom stereocenters. The molecule has 7 heteroatoms. The van der Waals surface area contributed by atoms with Crippen LogP contribution in [0.3, 0.4) is 0 Å². The summed E-state index contributed by atoms with van der Waals surface area (Å²) in [7, 11) is 4.64. The second kappa shape index (κ2) is 5.66. The molecule has 1 N–H and O–H groups in total. The first-order valence-corrected chi connectivity index (χ1v) is 6.24. The number of nitrogens with zero attached hydrogens (tertiary/aromatic N) is 4. The molecule has 1 aromatic heterocycles. The maximum atomic E-state index is 11.8. The summed E-state index contributed by atoms with van der Waals surface area (Å²) in [6.07, 6.45) is 1.57. The summed E-state index contributed by atoms with van der Waals surface area (Å²) in [4.78, 5) is 23.5. The molecule has 21 heavy (non-hydrogen) atoms. The number of aromatic nitrogens is 2. The third-order valence-corrected chi connectivity index (χ3v) is 3.11. The van der Waals surface area contributed by atoms with Gasteiger partial charge in [-0.05, 0) is 29.8 Å². The van der Waals surface area contributed by atoms with E-state index in [-0.39, 0.29) is 11.3 Å². The number of hydrazone groups is 1. The first kappa shape index (κ1) is 14.6. The summed E-state index contributed by atoms with van der Waals surface area (Å²) >= 11 is 0. The van der Waals surface area contributed by atoms with E-state index in [9.17, 15) is 14.7 Å². The van der Waals surface area contributed by atoms with Crippen LogP contribution in [0.25, 0.3) is 0 Å². The Bertz CT molecular complexity index is 787. The molecular weight excluding hydrogens is 272 g/mol. The molecule has 110 valence electrons. The standard InChI is InChI=1S/C14H16N4O3/c1-16-12(8-13(20)17(2)14(16)21)18(3)15-9-10-4-6-11(19)7-5-10/h4-9,19H,1-3H3/b15-9+. The van der Waals surface area contributed by atoms with E-state index in [1.165, 1.54) is 22.7 Å². The Morgan fingerprint density at radius 3 is 2.38 bits per heavy atom. The molecule has 0 saturated heterocycles. The lowest BCUT2D eigenvalue weighted by Crippen LogP contribution is -2.38. The topological polar surface area (TPSA) is 79.8 Å². The van der Waals surface area contributed by atoms with Crippen LogP contribution in [0.4, 0.5) is 5.82 Å². The molecule has 2 rings (SSSR count). The van der Waals surface area contributed by atoms with E-state index in [1.54, 1.807) is 44.6 Å². The number of benzene rings is 1. The molecule has 7 nitrogen and oxygen atoms in total. The van der Waals surface area contributed by atoms with Gasteiger partial charge in [0.2, 0.25) is 0 Å². The lowest BCUT2D eigenvalue weighted by Gasteiger charge is -2.16. The van der Waals surface area contributed by atoms with Crippen molar-refractivity contribution in [2.24, 2.45) is 19.2 Å². The van der Waals surface area contributed by atoms with Crippen molar-refractivity contribution < 1.29 is 5.11 Å². The third-order valence-electron chi connectivity index (χ3n) is 3.11. The molecule has 2 aromatic rings. The Kier molecular flexibility index (Phi) is 3.93. The summed E-state index contributed by atoms with van der Waals surface area (Å²) in [6, 6.07) is 7.85. The molecule has 0 bridgehead atoms. The number of phenols is 1. The van der Waals surface area contributed by atoms with Crippen molar-refractivity contribution in [3.8, 4) is 5.75 Å². The van der Waals surface area contributed by atoms with E-state index in [4.69, 9.17) is 0 Å². The van der Waals surface area contributed by atoms with Crippen LogP contribution in [0.2, 0.25) is 0 Å². The largest absolute Gasteiger partial charge is 0.508 e. The maximum Gasteiger partial charge on any atom is 0.332 e. The highest BCUT2D eigenvalue weighted by molar-refractivity contribution is 5.80. The van der Waals surface area contributed by atoms with Crippen molar-refractivity contribution in [3.63, 3.8) is 0 Å². The summed E-state index contributed by atoms with van der Waals surface area (Å²) in [5, 5.41) is 14.8. The number of phenolic OH excluding ortho intramolecular Hbond substituents is 1. The van der Waals surface area contributed by atoms with Gasteiger partial charge >= 0.3 is 5.69 Å². The molecule has 0 radical (unpaired) electrons. The Labute approximate surface area is 121 Å². The van der Waals surface area contributed by atoms with Gasteiger partial charge in [-0.1, -0.05) is 0 Å². The number of hydrogen-bond acceptors (Lipinski definition) is 5. The molecule has 1 heterocycles. The van der Waals surface area contributed by atoms with Gasteiger partial charge in [0.15, 0.2) is 0 Å². The van der Waals surface area contributed by atoms with Crippen LogP contribution in [0.15, 0.2) is 45.0 Å². The highest BCUT2D eigenvalue weighted by Gasteiger charge is 2.08. The SMILES string of the molecule is CN(/N=C/c1ccc(O)cc1)c1cc(=O)n(C)c(=O)n1C. The van der Waals surface area contributed by atoms with Crippen LogP contribution in [-0.2, 0) is 14.1 Å². The van der Waals surface area contributed by atoms with E-state index in [1.807, 2.05) is 0 Å². The van der Waals surface area contributed by atoms with Crippen molar-refractivity contribution >= 4 is 12.0 Å². The van der Waals surface area contributed by atoms with Crippen LogP contribution in [0.5, 0.6) is 5.75 Å². The fraction of sp³-hybridized carbons (Fsp3) is 0.214. The van der Waals surface area contributed by atoms with Gasteiger partial charge in [0.1, 0.15) is 11.6 Å². The fourth-order valence-electron chi connectivity index (χ4n) is 1.80. The average Bonchev–Trinajstić information content (AvgIpc) is 2.48. The molecule has 0 amide bonds. The zero-order valence-electron chi connectivity index (χ0n) is 12.0. The minimum Gasteiger partial charge on any atom is -0.508 e. The second-order valence-electron chi connectivity index (χ2n) is 4.60. The van der Waals surface area contributed by atoms with Crippen molar-refractivity contribution in [2.75, 3.05) is 12.1 Å².